The molecule has 6 N–H and O–H groups in total. The lowest BCUT2D eigenvalue weighted by Gasteiger charge is -2.23. The van der Waals surface area contributed by atoms with Crippen molar-refractivity contribution in [1.82, 2.24) is 21.5 Å². The average Bonchev–Trinajstić information content (AvgIpc) is 2.73. The van der Waals surface area contributed by atoms with E-state index >= 15 is 0 Å². The van der Waals surface area contributed by atoms with Crippen molar-refractivity contribution in [2.45, 2.75) is 38.8 Å². The Bertz CT molecular complexity index is 959. The van der Waals surface area contributed by atoms with Crippen LogP contribution >= 0.6 is 0 Å². The van der Waals surface area contributed by atoms with Crippen molar-refractivity contribution in [1.29, 1.82) is 0 Å². The zero-order valence-corrected chi connectivity index (χ0v) is 17.7. The number of carbonyl (C=O) groups excluding carboxylic acids is 4. The normalized spacial score (nSPS) is 12.2. The predicted octanol–water partition coefficient (Wildman–Crippen LogP) is 0.0398. The number of aromatic hydroxyl groups is 2. The number of amides is 4. The van der Waals surface area contributed by atoms with Crippen LogP contribution in [-0.4, -0.2) is 45.9 Å². The summed E-state index contributed by atoms with van der Waals surface area (Å²) in [6, 6.07) is 10.2. The number of carbonyl (C=O) groups is 4. The molecule has 0 aliphatic heterocycles. The molecule has 0 radical (unpaired) electrons. The summed E-state index contributed by atoms with van der Waals surface area (Å²) < 4.78 is 0. The van der Waals surface area contributed by atoms with E-state index in [9.17, 15) is 29.4 Å². The molecule has 2 aromatic carbocycles. The van der Waals surface area contributed by atoms with E-state index in [1.54, 1.807) is 24.3 Å². The molecule has 0 aliphatic rings. The van der Waals surface area contributed by atoms with E-state index in [4.69, 9.17) is 0 Å². The molecule has 0 bridgehead atoms. The first-order chi connectivity index (χ1) is 15.1. The van der Waals surface area contributed by atoms with Crippen LogP contribution in [-0.2, 0) is 32.0 Å². The van der Waals surface area contributed by atoms with Crippen LogP contribution in [0.2, 0.25) is 0 Å². The fraction of sp³-hybridized carbons (Fsp3) is 0.273. The first-order valence-electron chi connectivity index (χ1n) is 9.83. The van der Waals surface area contributed by atoms with Crippen LogP contribution in [0.25, 0.3) is 0 Å². The molecule has 0 aliphatic carbocycles. The molecule has 2 aromatic rings. The summed E-state index contributed by atoms with van der Waals surface area (Å²) in [7, 11) is 0. The third-order valence-corrected chi connectivity index (χ3v) is 4.44. The maximum atomic E-state index is 13.0. The van der Waals surface area contributed by atoms with Crippen LogP contribution < -0.4 is 21.5 Å². The molecule has 0 heterocycles. The lowest BCUT2D eigenvalue weighted by atomic mass is 10.0. The van der Waals surface area contributed by atoms with Crippen molar-refractivity contribution in [3.8, 4) is 11.5 Å². The third-order valence-electron chi connectivity index (χ3n) is 4.44. The van der Waals surface area contributed by atoms with Gasteiger partial charge < -0.3 is 20.8 Å². The molecule has 0 spiro atoms. The Balaban J connectivity index is 2.19. The highest BCUT2D eigenvalue weighted by Crippen LogP contribution is 2.13. The van der Waals surface area contributed by atoms with E-state index in [2.05, 4.69) is 21.5 Å². The highest BCUT2D eigenvalue weighted by atomic mass is 16.3. The highest BCUT2D eigenvalue weighted by Gasteiger charge is 2.27. The first-order valence-corrected chi connectivity index (χ1v) is 9.83. The molecule has 0 saturated heterocycles. The van der Waals surface area contributed by atoms with Gasteiger partial charge in [0, 0.05) is 26.7 Å². The summed E-state index contributed by atoms with van der Waals surface area (Å²) in [6.07, 6.45) is 0.203. The lowest BCUT2D eigenvalue weighted by molar-refractivity contribution is -0.133. The van der Waals surface area contributed by atoms with Gasteiger partial charge in [0.25, 0.3) is 5.91 Å². The van der Waals surface area contributed by atoms with Gasteiger partial charge in [-0.25, -0.2) is 0 Å². The maximum absolute atomic E-state index is 13.0. The quantitative estimate of drug-likeness (QED) is 0.317. The van der Waals surface area contributed by atoms with Gasteiger partial charge in [-0.3, -0.25) is 30.0 Å². The zero-order valence-electron chi connectivity index (χ0n) is 17.7. The molecule has 4 amide bonds. The molecule has 0 aromatic heterocycles. The van der Waals surface area contributed by atoms with Crippen LogP contribution in [0.4, 0.5) is 0 Å². The number of benzene rings is 2. The van der Waals surface area contributed by atoms with Gasteiger partial charge in [0.15, 0.2) is 0 Å². The average molecular weight is 442 g/mol. The van der Waals surface area contributed by atoms with Crippen molar-refractivity contribution in [3.05, 3.63) is 59.7 Å². The van der Waals surface area contributed by atoms with E-state index in [1.807, 2.05) is 0 Å². The minimum absolute atomic E-state index is 0.0525. The minimum Gasteiger partial charge on any atom is -0.508 e. The Kier molecular flexibility index (Phi) is 8.58. The molecule has 2 atom stereocenters. The topological polar surface area (TPSA) is 157 Å². The minimum atomic E-state index is -1.07. The molecule has 0 fully saturated rings. The summed E-state index contributed by atoms with van der Waals surface area (Å²) >= 11 is 0. The van der Waals surface area contributed by atoms with Crippen LogP contribution in [0.1, 0.15) is 25.0 Å². The first kappa shape index (κ1) is 24.2. The molecule has 2 rings (SSSR count). The second kappa shape index (κ2) is 11.3. The number of phenolic OH excluding ortho intramolecular Hbond substituents is 2. The van der Waals surface area contributed by atoms with Crippen molar-refractivity contribution in [2.24, 2.45) is 0 Å². The summed E-state index contributed by atoms with van der Waals surface area (Å²) in [4.78, 5) is 48.3. The van der Waals surface area contributed by atoms with E-state index in [0.717, 1.165) is 0 Å². The molecule has 10 heteroatoms. The number of nitrogens with one attached hydrogen (secondary N) is 4. The summed E-state index contributed by atoms with van der Waals surface area (Å²) in [6.45, 7) is 2.49. The molecule has 0 unspecified atom stereocenters. The molecule has 10 nitrogen and oxygen atoms in total. The Labute approximate surface area is 185 Å². The fourth-order valence-electron chi connectivity index (χ4n) is 2.91. The molecular formula is C22H26N4O6. The molecule has 0 saturated carbocycles. The van der Waals surface area contributed by atoms with Gasteiger partial charge in [0.1, 0.15) is 23.6 Å². The second-order valence-corrected chi connectivity index (χ2v) is 7.23. The third kappa shape index (κ3) is 7.98. The van der Waals surface area contributed by atoms with Crippen molar-refractivity contribution in [3.63, 3.8) is 0 Å². The van der Waals surface area contributed by atoms with Crippen molar-refractivity contribution >= 4 is 23.6 Å². The van der Waals surface area contributed by atoms with Gasteiger partial charge in [-0.1, -0.05) is 24.3 Å². The number of rotatable bonds is 8. The van der Waals surface area contributed by atoms with Crippen LogP contribution in [0, 0.1) is 0 Å². The van der Waals surface area contributed by atoms with E-state index in [-0.39, 0.29) is 24.3 Å². The second-order valence-electron chi connectivity index (χ2n) is 7.23. The van der Waals surface area contributed by atoms with Crippen LogP contribution in [0.15, 0.2) is 48.5 Å². The van der Waals surface area contributed by atoms with Gasteiger partial charge >= 0.3 is 0 Å². The lowest BCUT2D eigenvalue weighted by Crippen LogP contribution is -2.57. The zero-order chi connectivity index (χ0) is 23.7. The smallest absolute Gasteiger partial charge is 0.261 e. The molecular weight excluding hydrogens is 416 g/mol. The number of phenols is 2. The summed E-state index contributed by atoms with van der Waals surface area (Å²) in [5.41, 5.74) is 5.76. The maximum Gasteiger partial charge on any atom is 0.261 e. The summed E-state index contributed by atoms with van der Waals surface area (Å²) in [5.74, 6) is -2.06. The Morgan fingerprint density at radius 3 is 1.50 bits per heavy atom. The van der Waals surface area contributed by atoms with Gasteiger partial charge in [0.2, 0.25) is 17.7 Å². The number of hydrazine groups is 1. The SMILES string of the molecule is CC(=O)NNC(=O)[C@H](Cc1ccc(O)cc1)NC(=O)[C@H](Cc1ccc(O)cc1)NC(C)=O. The Hall–Kier alpha value is -4.08. The van der Waals surface area contributed by atoms with Crippen LogP contribution in [0.5, 0.6) is 11.5 Å². The Morgan fingerprint density at radius 2 is 1.09 bits per heavy atom. The Morgan fingerprint density at radius 1 is 0.656 bits per heavy atom. The number of hydrogen-bond acceptors (Lipinski definition) is 6. The van der Waals surface area contributed by atoms with E-state index < -0.39 is 35.7 Å². The highest BCUT2D eigenvalue weighted by molar-refractivity contribution is 5.92. The van der Waals surface area contributed by atoms with Gasteiger partial charge in [-0.05, 0) is 35.4 Å². The van der Waals surface area contributed by atoms with Crippen LogP contribution in [0.3, 0.4) is 0 Å². The van der Waals surface area contributed by atoms with Gasteiger partial charge in [-0.2, -0.15) is 0 Å². The predicted molar refractivity (Wildman–Crippen MR) is 115 cm³/mol. The fourth-order valence-corrected chi connectivity index (χ4v) is 2.91. The van der Waals surface area contributed by atoms with Gasteiger partial charge in [0.05, 0.1) is 0 Å². The summed E-state index contributed by atoms with van der Waals surface area (Å²) in [5, 5.41) is 24.1. The van der Waals surface area contributed by atoms with E-state index in [1.165, 1.54) is 38.1 Å². The van der Waals surface area contributed by atoms with Crippen molar-refractivity contribution < 1.29 is 29.4 Å². The number of hydrogen-bond donors (Lipinski definition) is 6. The van der Waals surface area contributed by atoms with Gasteiger partial charge in [-0.15, -0.1) is 0 Å². The standard InChI is InChI=1S/C22H26N4O6/c1-13(27)23-19(11-15-3-7-17(29)8-4-15)21(31)24-20(22(32)26-25-14(2)28)12-16-5-9-18(30)10-6-16/h3-10,19-20,29-30H,11-12H2,1-2H3,(H,23,27)(H,24,31)(H,25,28)(H,26,32)/t19-,20-/m0/s1. The van der Waals surface area contributed by atoms with Crippen molar-refractivity contribution in [2.75, 3.05) is 0 Å². The van der Waals surface area contributed by atoms with E-state index in [0.29, 0.717) is 11.1 Å². The largest absolute Gasteiger partial charge is 0.508 e. The monoisotopic (exact) mass is 442 g/mol. The molecule has 170 valence electrons. The molecule has 32 heavy (non-hydrogen) atoms.